The molecule has 0 unspecified atom stereocenters. The first-order valence-corrected chi connectivity index (χ1v) is 12.0. The summed E-state index contributed by atoms with van der Waals surface area (Å²) in [5.74, 6) is -0.241. The van der Waals surface area contributed by atoms with Gasteiger partial charge in [-0.15, -0.1) is 11.3 Å². The lowest BCUT2D eigenvalue weighted by Gasteiger charge is -2.37. The Morgan fingerprint density at radius 1 is 1.10 bits per heavy atom. The Balaban J connectivity index is 1.52. The van der Waals surface area contributed by atoms with Crippen molar-refractivity contribution < 1.29 is 13.2 Å². The number of rotatable bonds is 4. The molecular formula is C21H23N3O3S2. The maximum Gasteiger partial charge on any atom is 0.255 e. The van der Waals surface area contributed by atoms with Gasteiger partial charge < -0.3 is 5.32 Å². The zero-order chi connectivity index (χ0) is 20.6. The number of sulfonamides is 1. The summed E-state index contributed by atoms with van der Waals surface area (Å²) >= 11 is 1.48. The van der Waals surface area contributed by atoms with Gasteiger partial charge in [0.25, 0.3) is 5.91 Å². The highest BCUT2D eigenvalue weighted by molar-refractivity contribution is 7.89. The van der Waals surface area contributed by atoms with E-state index >= 15 is 0 Å². The molecule has 2 atom stereocenters. The molecule has 2 aromatic carbocycles. The van der Waals surface area contributed by atoms with E-state index in [9.17, 15) is 13.2 Å². The van der Waals surface area contributed by atoms with Crippen LogP contribution in [0.4, 0.5) is 5.69 Å². The number of carbonyl (C=O) groups excluding carboxylic acids is 1. The number of carbonyl (C=O) groups is 1. The van der Waals surface area contributed by atoms with Crippen LogP contribution in [0.5, 0.6) is 0 Å². The smallest absolute Gasteiger partial charge is 0.255 e. The third kappa shape index (κ3) is 3.92. The van der Waals surface area contributed by atoms with E-state index in [0.29, 0.717) is 11.3 Å². The normalized spacial score (nSPS) is 20.6. The second-order valence-corrected chi connectivity index (χ2v) is 10.2. The summed E-state index contributed by atoms with van der Waals surface area (Å²) in [5, 5.41) is 2.83. The molecule has 6 nitrogen and oxygen atoms in total. The highest BCUT2D eigenvalue weighted by Crippen LogP contribution is 2.30. The first-order chi connectivity index (χ1) is 13.9. The maximum atomic E-state index is 13.1. The number of anilines is 1. The molecule has 0 spiro atoms. The minimum Gasteiger partial charge on any atom is -0.322 e. The molecule has 0 aliphatic carbocycles. The van der Waals surface area contributed by atoms with Gasteiger partial charge in [-0.05, 0) is 69.2 Å². The summed E-state index contributed by atoms with van der Waals surface area (Å²) in [5.41, 5.74) is 3.70. The molecule has 1 aliphatic rings. The molecule has 8 heteroatoms. The topological polar surface area (TPSA) is 79.4 Å². The van der Waals surface area contributed by atoms with Gasteiger partial charge in [0.1, 0.15) is 0 Å². The van der Waals surface area contributed by atoms with E-state index in [1.54, 1.807) is 46.2 Å². The number of nitrogens with one attached hydrogen (secondary N) is 1. The van der Waals surface area contributed by atoms with Crippen molar-refractivity contribution in [2.75, 3.05) is 5.32 Å². The quantitative estimate of drug-likeness (QED) is 0.662. The summed E-state index contributed by atoms with van der Waals surface area (Å²) < 4.78 is 28.8. The number of thiazole rings is 1. The number of piperidine rings is 1. The van der Waals surface area contributed by atoms with Crippen molar-refractivity contribution >= 4 is 43.2 Å². The van der Waals surface area contributed by atoms with E-state index in [2.05, 4.69) is 10.3 Å². The van der Waals surface area contributed by atoms with Crippen LogP contribution >= 0.6 is 11.3 Å². The van der Waals surface area contributed by atoms with Gasteiger partial charge in [-0.1, -0.05) is 6.42 Å². The van der Waals surface area contributed by atoms with Crippen LogP contribution in [-0.4, -0.2) is 35.7 Å². The molecule has 3 aromatic rings. The average Bonchev–Trinajstić information content (AvgIpc) is 3.16. The Morgan fingerprint density at radius 3 is 2.48 bits per heavy atom. The molecule has 1 saturated heterocycles. The van der Waals surface area contributed by atoms with Gasteiger partial charge >= 0.3 is 0 Å². The predicted molar refractivity (Wildman–Crippen MR) is 116 cm³/mol. The summed E-state index contributed by atoms with van der Waals surface area (Å²) in [6.45, 7) is 3.92. The molecule has 2 heterocycles. The van der Waals surface area contributed by atoms with Gasteiger partial charge in [-0.3, -0.25) is 4.79 Å². The number of benzene rings is 2. The van der Waals surface area contributed by atoms with Crippen LogP contribution in [-0.2, 0) is 10.0 Å². The Kier molecular flexibility index (Phi) is 5.42. The molecular weight excluding hydrogens is 406 g/mol. The lowest BCUT2D eigenvalue weighted by molar-refractivity contribution is 0.102. The van der Waals surface area contributed by atoms with Gasteiger partial charge in [-0.2, -0.15) is 4.31 Å². The van der Waals surface area contributed by atoms with E-state index in [0.717, 1.165) is 29.5 Å². The third-order valence-corrected chi connectivity index (χ3v) is 8.33. The zero-order valence-electron chi connectivity index (χ0n) is 16.3. The van der Waals surface area contributed by atoms with Crippen molar-refractivity contribution in [2.45, 2.75) is 50.1 Å². The Bertz CT molecular complexity index is 1130. The number of fused-ring (bicyclic) bond motifs is 1. The number of hydrogen-bond acceptors (Lipinski definition) is 5. The molecule has 0 bridgehead atoms. The first kappa shape index (κ1) is 20.0. The van der Waals surface area contributed by atoms with Crippen molar-refractivity contribution in [2.24, 2.45) is 0 Å². The minimum atomic E-state index is -3.56. The van der Waals surface area contributed by atoms with E-state index < -0.39 is 10.0 Å². The van der Waals surface area contributed by atoms with Crippen LogP contribution in [0.1, 0.15) is 43.5 Å². The molecule has 1 N–H and O–H groups in total. The van der Waals surface area contributed by atoms with Gasteiger partial charge in [-0.25, -0.2) is 13.4 Å². The number of aromatic nitrogens is 1. The van der Waals surface area contributed by atoms with E-state index in [4.69, 9.17) is 0 Å². The Morgan fingerprint density at radius 2 is 1.79 bits per heavy atom. The third-order valence-electron chi connectivity index (χ3n) is 5.39. The standard InChI is InChI=1S/C21H23N3O3S2/c1-14-4-3-5-15(2)24(14)29(26,27)18-9-7-17(8-10-18)23-21(25)16-6-11-19-20(12-16)28-13-22-19/h6-15H,3-5H2,1-2H3,(H,23,25)/t14-,15+. The van der Waals surface area contributed by atoms with Crippen LogP contribution in [0.15, 0.2) is 52.9 Å². The lowest BCUT2D eigenvalue weighted by atomic mass is 10.0. The second kappa shape index (κ2) is 7.85. The first-order valence-electron chi connectivity index (χ1n) is 9.64. The molecule has 29 heavy (non-hydrogen) atoms. The van der Waals surface area contributed by atoms with E-state index in [-0.39, 0.29) is 22.9 Å². The SMILES string of the molecule is C[C@@H]1CCC[C@H](C)N1S(=O)(=O)c1ccc(NC(=O)c2ccc3ncsc3c2)cc1. The second-order valence-electron chi connectivity index (χ2n) is 7.48. The summed E-state index contributed by atoms with van der Waals surface area (Å²) in [7, 11) is -3.56. The molecule has 4 rings (SSSR count). The summed E-state index contributed by atoms with van der Waals surface area (Å²) in [4.78, 5) is 17.0. The molecule has 0 radical (unpaired) electrons. The molecule has 1 aromatic heterocycles. The minimum absolute atomic E-state index is 0.00946. The predicted octanol–water partition coefficient (Wildman–Crippen LogP) is 4.50. The van der Waals surface area contributed by atoms with Crippen molar-refractivity contribution in [1.29, 1.82) is 0 Å². The lowest BCUT2D eigenvalue weighted by Crippen LogP contribution is -2.47. The summed E-state index contributed by atoms with van der Waals surface area (Å²) in [6.07, 6.45) is 2.80. The van der Waals surface area contributed by atoms with Crippen molar-refractivity contribution in [3.63, 3.8) is 0 Å². The van der Waals surface area contributed by atoms with E-state index in [1.807, 2.05) is 19.9 Å². The molecule has 1 aliphatic heterocycles. The van der Waals surface area contributed by atoms with Gasteiger partial charge in [0.2, 0.25) is 10.0 Å². The van der Waals surface area contributed by atoms with Crippen LogP contribution in [0, 0.1) is 0 Å². The number of nitrogens with zero attached hydrogens (tertiary/aromatic N) is 2. The molecule has 152 valence electrons. The largest absolute Gasteiger partial charge is 0.322 e. The van der Waals surface area contributed by atoms with Gasteiger partial charge in [0, 0.05) is 23.3 Å². The number of hydrogen-bond donors (Lipinski definition) is 1. The fourth-order valence-corrected chi connectivity index (χ4v) is 6.50. The van der Waals surface area contributed by atoms with Crippen LogP contribution in [0.3, 0.4) is 0 Å². The summed E-state index contributed by atoms with van der Waals surface area (Å²) in [6, 6.07) is 11.7. The van der Waals surface area contributed by atoms with Crippen LogP contribution in [0.2, 0.25) is 0 Å². The highest BCUT2D eigenvalue weighted by Gasteiger charge is 2.35. The fourth-order valence-electron chi connectivity index (χ4n) is 3.90. The van der Waals surface area contributed by atoms with Crippen molar-refractivity contribution in [1.82, 2.24) is 9.29 Å². The van der Waals surface area contributed by atoms with E-state index in [1.165, 1.54) is 11.3 Å². The maximum absolute atomic E-state index is 13.1. The van der Waals surface area contributed by atoms with Crippen molar-refractivity contribution in [3.8, 4) is 0 Å². The van der Waals surface area contributed by atoms with Crippen LogP contribution < -0.4 is 5.32 Å². The Hall–Kier alpha value is -2.29. The average molecular weight is 430 g/mol. The Labute approximate surface area is 174 Å². The van der Waals surface area contributed by atoms with Crippen molar-refractivity contribution in [3.05, 3.63) is 53.5 Å². The van der Waals surface area contributed by atoms with Crippen LogP contribution in [0.25, 0.3) is 10.2 Å². The zero-order valence-corrected chi connectivity index (χ0v) is 18.0. The monoisotopic (exact) mass is 429 g/mol. The van der Waals surface area contributed by atoms with Gasteiger partial charge in [0.05, 0.1) is 20.6 Å². The fraction of sp³-hybridized carbons (Fsp3) is 0.333. The molecule has 1 fully saturated rings. The highest BCUT2D eigenvalue weighted by atomic mass is 32.2. The van der Waals surface area contributed by atoms with Gasteiger partial charge in [0.15, 0.2) is 0 Å². The molecule has 0 saturated carbocycles. The number of amides is 1. The molecule has 1 amide bonds.